The largest absolute Gasteiger partial charge is 0.479 e. The van der Waals surface area contributed by atoms with E-state index in [2.05, 4.69) is 44.6 Å². The highest BCUT2D eigenvalue weighted by Crippen LogP contribution is 2.59. The molecular weight excluding hydrogens is 861 g/mol. The van der Waals surface area contributed by atoms with Crippen LogP contribution in [0.4, 0.5) is 11.9 Å². The highest BCUT2D eigenvalue weighted by atomic mass is 31.3. The number of ether oxygens (including phenoxy) is 2. The molecule has 34 heteroatoms. The zero-order valence-electron chi connectivity index (χ0n) is 29.9. The van der Waals surface area contributed by atoms with Crippen LogP contribution in [-0.4, -0.2) is 141 Å². The lowest BCUT2D eigenvalue weighted by molar-refractivity contribution is -0.745. The minimum atomic E-state index is -5.43. The standard InChI is InChI=1S/C25H35N14O17P3/c1-36-8-39(19-13(36)21(45)33-25(27)31-19)23-17(43)14(40)9(55-23)5-52-58(48,49)29-2-3-37-4-11(34-35-37)57(46,47)56-59(50,51)53-6-10-15(41)16(42)22(54-10)38-7-28-12-18(38)30-24(26)32-20(12)44/h4,7-10,14-17,22-23,40-43H,2-3,5-6H2,1H3,(H9-,26,27,29,30,31,32,33,44,45,46,47,48,49,50,51)/p+1/t9-,10-,14?,15?,16+,17+,22-,23-/m1/s1. The number of imidazole rings is 2. The molecule has 14 N–H and O–H groups in total. The van der Waals surface area contributed by atoms with Gasteiger partial charge in [0.15, 0.2) is 29.2 Å². The number of aliphatic hydroxyl groups is 4. The van der Waals surface area contributed by atoms with Gasteiger partial charge in [-0.15, -0.1) is 5.10 Å². The predicted molar refractivity (Wildman–Crippen MR) is 190 cm³/mol. The number of fused-ring (bicyclic) bond motifs is 2. The summed E-state index contributed by atoms with van der Waals surface area (Å²) in [6.07, 6.45) is -8.98. The number of anilines is 2. The fraction of sp³-hybridized carbons (Fsp3) is 0.520. The second kappa shape index (κ2) is 15.9. The van der Waals surface area contributed by atoms with Crippen LogP contribution in [0.15, 0.2) is 28.4 Å². The summed E-state index contributed by atoms with van der Waals surface area (Å²) in [4.78, 5) is 71.8. The van der Waals surface area contributed by atoms with Crippen LogP contribution in [0, 0.1) is 0 Å². The van der Waals surface area contributed by atoms with Crippen LogP contribution in [0.25, 0.3) is 22.3 Å². The molecule has 0 amide bonds. The third kappa shape index (κ3) is 8.63. The van der Waals surface area contributed by atoms with E-state index in [0.717, 1.165) is 21.8 Å². The molecule has 7 rings (SSSR count). The Labute approximate surface area is 326 Å². The molecule has 2 aliphatic rings. The SMILES string of the molecule is Cn1c[n+]([C@@H]2O[C@H](COP(=O)(O)NCCn3cc(P(=O)(O)OP(=O)(O)OC[C@H]4O[C@@H](n5cnc6c(=O)[nH]c(N)nc65)[C@@H](O)C4O)nn3)C(O)[C@@H]2O)c2nc(N)[nH]c(=O)c21. The van der Waals surface area contributed by atoms with Gasteiger partial charge in [0, 0.05) is 6.54 Å². The number of hydrogen-bond acceptors (Lipinski definition) is 21. The number of nitrogens with zero attached hydrogens (tertiary/aromatic N) is 9. The van der Waals surface area contributed by atoms with Crippen molar-refractivity contribution in [2.45, 2.75) is 55.6 Å². The Hall–Kier alpha value is -4.39. The van der Waals surface area contributed by atoms with Crippen molar-refractivity contribution in [1.29, 1.82) is 0 Å². The van der Waals surface area contributed by atoms with Crippen LogP contribution in [-0.2, 0) is 50.1 Å². The van der Waals surface area contributed by atoms with E-state index in [1.807, 2.05) is 0 Å². The lowest BCUT2D eigenvalue weighted by Crippen LogP contribution is -2.46. The van der Waals surface area contributed by atoms with Gasteiger partial charge in [-0.2, -0.15) is 4.98 Å². The number of aromatic amines is 2. The molecule has 5 aromatic heterocycles. The van der Waals surface area contributed by atoms with Gasteiger partial charge in [0.1, 0.15) is 36.6 Å². The number of phosphoric acid groups is 1. The van der Waals surface area contributed by atoms with Crippen LogP contribution in [0.1, 0.15) is 12.5 Å². The molecular formula is C25H36N14O17P3+. The highest BCUT2D eigenvalue weighted by Gasteiger charge is 2.49. The van der Waals surface area contributed by atoms with Crippen molar-refractivity contribution in [2.75, 3.05) is 31.2 Å². The topological polar surface area (TPSA) is 452 Å². The quantitative estimate of drug-likeness (QED) is 0.0344. The summed E-state index contributed by atoms with van der Waals surface area (Å²) >= 11 is 0. The Morgan fingerprint density at radius 1 is 0.932 bits per heavy atom. The van der Waals surface area contributed by atoms with E-state index in [1.54, 1.807) is 0 Å². The molecule has 5 unspecified atom stereocenters. The first-order valence-electron chi connectivity index (χ1n) is 16.8. The van der Waals surface area contributed by atoms with E-state index < -0.39 is 102 Å². The molecule has 2 aliphatic heterocycles. The molecule has 0 bridgehead atoms. The normalized spacial score (nSPS) is 27.9. The van der Waals surface area contributed by atoms with Gasteiger partial charge in [-0.25, -0.2) is 28.1 Å². The van der Waals surface area contributed by atoms with E-state index >= 15 is 0 Å². The summed E-state index contributed by atoms with van der Waals surface area (Å²) in [6, 6.07) is 0. The number of H-pyrrole nitrogens is 2. The van der Waals surface area contributed by atoms with Crippen molar-refractivity contribution in [3.8, 4) is 0 Å². The Balaban J connectivity index is 0.890. The van der Waals surface area contributed by atoms with Gasteiger partial charge in [-0.3, -0.25) is 47.0 Å². The fourth-order valence-electron chi connectivity index (χ4n) is 6.20. The zero-order chi connectivity index (χ0) is 42.8. The van der Waals surface area contributed by atoms with Crippen LogP contribution in [0.2, 0.25) is 0 Å². The molecule has 0 saturated carbocycles. The molecule has 59 heavy (non-hydrogen) atoms. The Morgan fingerprint density at radius 2 is 1.59 bits per heavy atom. The summed E-state index contributed by atoms with van der Waals surface area (Å²) in [5.41, 5.74) is 8.95. The Kier molecular flexibility index (Phi) is 11.5. The van der Waals surface area contributed by atoms with E-state index in [1.165, 1.54) is 22.5 Å². The third-order valence-electron chi connectivity index (χ3n) is 8.96. The zero-order valence-corrected chi connectivity index (χ0v) is 32.6. The first-order valence-corrected chi connectivity index (χ1v) is 21.5. The lowest BCUT2D eigenvalue weighted by Gasteiger charge is -2.18. The number of nitrogens with two attached hydrogens (primary N) is 2. The van der Waals surface area contributed by atoms with Crippen molar-refractivity contribution in [3.05, 3.63) is 39.6 Å². The average Bonchev–Trinajstić information content (AvgIpc) is 3.96. The van der Waals surface area contributed by atoms with Crippen molar-refractivity contribution < 1.29 is 76.2 Å². The average molecular weight is 898 g/mol. The van der Waals surface area contributed by atoms with Gasteiger partial charge in [0.25, 0.3) is 17.1 Å². The fourth-order valence-corrected chi connectivity index (χ4v) is 9.44. The Bertz CT molecular complexity index is 2650. The third-order valence-corrected chi connectivity index (χ3v) is 13.1. The molecule has 31 nitrogen and oxygen atoms in total. The van der Waals surface area contributed by atoms with Crippen LogP contribution >= 0.6 is 23.2 Å². The second-order valence-corrected chi connectivity index (χ2v) is 18.0. The van der Waals surface area contributed by atoms with Crippen molar-refractivity contribution in [1.82, 2.24) is 54.1 Å². The van der Waals surface area contributed by atoms with Gasteiger partial charge >= 0.3 is 28.8 Å². The van der Waals surface area contributed by atoms with Gasteiger partial charge in [-0.1, -0.05) is 10.2 Å². The summed E-state index contributed by atoms with van der Waals surface area (Å²) in [5.74, 6) is -0.499. The van der Waals surface area contributed by atoms with E-state index in [0.29, 0.717) is 0 Å². The molecule has 322 valence electrons. The summed E-state index contributed by atoms with van der Waals surface area (Å²) in [6.45, 7) is -2.35. The van der Waals surface area contributed by atoms with Gasteiger partial charge in [0.2, 0.25) is 17.7 Å². The summed E-state index contributed by atoms with van der Waals surface area (Å²) < 4.78 is 68.4. The van der Waals surface area contributed by atoms with E-state index in [-0.39, 0.29) is 47.3 Å². The molecule has 0 radical (unpaired) electrons. The Morgan fingerprint density at radius 3 is 2.34 bits per heavy atom. The van der Waals surface area contributed by atoms with Crippen molar-refractivity contribution in [3.63, 3.8) is 0 Å². The maximum Gasteiger partial charge on any atom is 0.479 e. The maximum absolute atomic E-state index is 12.9. The van der Waals surface area contributed by atoms with Gasteiger partial charge in [0.05, 0.1) is 39.3 Å². The molecule has 2 fully saturated rings. The molecule has 2 saturated heterocycles. The van der Waals surface area contributed by atoms with Crippen LogP contribution in [0.5, 0.6) is 0 Å². The molecule has 5 aromatic rings. The van der Waals surface area contributed by atoms with Crippen LogP contribution in [0.3, 0.4) is 0 Å². The molecule has 11 atom stereocenters. The van der Waals surface area contributed by atoms with E-state index in [4.69, 9.17) is 30.0 Å². The minimum Gasteiger partial charge on any atom is -0.387 e. The highest BCUT2D eigenvalue weighted by molar-refractivity contribution is 7.69. The summed E-state index contributed by atoms with van der Waals surface area (Å²) in [5, 5.41) is 51.6. The predicted octanol–water partition coefficient (Wildman–Crippen LogP) is -5.97. The first-order chi connectivity index (χ1) is 27.6. The molecule has 0 spiro atoms. The van der Waals surface area contributed by atoms with Gasteiger partial charge < -0.3 is 56.0 Å². The maximum atomic E-state index is 12.9. The number of phosphoric ester groups is 1. The molecule has 7 heterocycles. The number of aromatic nitrogens is 11. The number of nitrogen functional groups attached to an aromatic ring is 2. The first kappa shape index (κ1) is 42.7. The molecule has 0 aromatic carbocycles. The number of hydrogen-bond donors (Lipinski definition) is 12. The smallest absolute Gasteiger partial charge is 0.387 e. The number of nitrogens with one attached hydrogen (secondary N) is 3. The lowest BCUT2D eigenvalue weighted by atomic mass is 10.1. The minimum absolute atomic E-state index is 0.0266. The number of aliphatic hydroxyl groups excluding tert-OH is 4. The number of rotatable bonds is 15. The summed E-state index contributed by atoms with van der Waals surface area (Å²) in [7, 11) is -13.8. The van der Waals surface area contributed by atoms with Crippen molar-refractivity contribution >= 4 is 62.8 Å². The van der Waals surface area contributed by atoms with Gasteiger partial charge in [-0.05, 0) is 0 Å². The van der Waals surface area contributed by atoms with Crippen molar-refractivity contribution in [2.24, 2.45) is 7.05 Å². The number of aryl methyl sites for hydroxylation is 1. The van der Waals surface area contributed by atoms with Crippen LogP contribution < -0.4 is 37.7 Å². The van der Waals surface area contributed by atoms with E-state index in [9.17, 15) is 58.4 Å². The second-order valence-electron chi connectivity index (χ2n) is 13.1. The molecule has 0 aliphatic carbocycles. The monoisotopic (exact) mass is 897 g/mol.